The van der Waals surface area contributed by atoms with E-state index in [1.165, 1.54) is 6.42 Å². The number of rotatable bonds is 2. The Morgan fingerprint density at radius 1 is 1.62 bits per heavy atom. The second-order valence-electron chi connectivity index (χ2n) is 4.46. The molecule has 3 heteroatoms. The van der Waals surface area contributed by atoms with Gasteiger partial charge in [-0.05, 0) is 11.8 Å². The van der Waals surface area contributed by atoms with Crippen molar-refractivity contribution < 1.29 is 4.42 Å². The Hall–Kier alpha value is -0.990. The number of anilines is 1. The van der Waals surface area contributed by atoms with Gasteiger partial charge in [-0.3, -0.25) is 0 Å². The minimum atomic E-state index is 0.314. The molecule has 1 aliphatic carbocycles. The molecule has 0 saturated heterocycles. The minimum Gasteiger partial charge on any atom is -0.429 e. The molecule has 0 spiro atoms. The van der Waals surface area contributed by atoms with E-state index in [1.54, 1.807) is 0 Å². The summed E-state index contributed by atoms with van der Waals surface area (Å²) < 4.78 is 5.33. The summed E-state index contributed by atoms with van der Waals surface area (Å²) in [6, 6.07) is 0.314. The summed E-state index contributed by atoms with van der Waals surface area (Å²) in [5.41, 5.74) is 7.02. The Labute approximate surface area is 78.3 Å². The molecule has 3 nitrogen and oxygen atoms in total. The topological polar surface area (TPSA) is 52.0 Å². The van der Waals surface area contributed by atoms with Crippen LogP contribution in [0.1, 0.15) is 44.6 Å². The highest BCUT2D eigenvalue weighted by molar-refractivity contribution is 5.29. The van der Waals surface area contributed by atoms with Crippen LogP contribution in [-0.2, 0) is 6.42 Å². The van der Waals surface area contributed by atoms with Crippen LogP contribution >= 0.6 is 0 Å². The highest BCUT2D eigenvalue weighted by Gasteiger charge is 2.49. The predicted molar refractivity (Wildman–Crippen MR) is 51.4 cm³/mol. The van der Waals surface area contributed by atoms with Crippen LogP contribution in [0.4, 0.5) is 6.01 Å². The van der Waals surface area contributed by atoms with E-state index in [9.17, 15) is 0 Å². The molecule has 1 aromatic heterocycles. The number of nitrogens with zero attached hydrogens (tertiary/aromatic N) is 1. The van der Waals surface area contributed by atoms with E-state index >= 15 is 0 Å². The second-order valence-corrected chi connectivity index (χ2v) is 4.46. The van der Waals surface area contributed by atoms with Crippen LogP contribution in [0, 0.1) is 5.41 Å². The molecule has 1 unspecified atom stereocenters. The summed E-state index contributed by atoms with van der Waals surface area (Å²) in [6.07, 6.45) is 2.08. The van der Waals surface area contributed by atoms with Gasteiger partial charge in [-0.2, -0.15) is 4.98 Å². The van der Waals surface area contributed by atoms with E-state index in [4.69, 9.17) is 10.2 Å². The number of nitrogen functional groups attached to an aromatic ring is 1. The minimum absolute atomic E-state index is 0.314. The van der Waals surface area contributed by atoms with E-state index in [2.05, 4.69) is 25.8 Å². The van der Waals surface area contributed by atoms with E-state index in [1.807, 2.05) is 0 Å². The van der Waals surface area contributed by atoms with Gasteiger partial charge in [0.2, 0.25) is 0 Å². The zero-order chi connectivity index (χ0) is 9.64. The zero-order valence-electron chi connectivity index (χ0n) is 8.42. The van der Waals surface area contributed by atoms with E-state index in [-0.39, 0.29) is 0 Å². The lowest BCUT2D eigenvalue weighted by Crippen LogP contribution is -1.94. The van der Waals surface area contributed by atoms with Gasteiger partial charge in [0.15, 0.2) is 0 Å². The summed E-state index contributed by atoms with van der Waals surface area (Å²) in [5.74, 6) is 1.52. The average molecular weight is 180 g/mol. The van der Waals surface area contributed by atoms with Crippen LogP contribution in [-0.4, -0.2) is 4.98 Å². The van der Waals surface area contributed by atoms with Crippen molar-refractivity contribution in [1.29, 1.82) is 0 Å². The van der Waals surface area contributed by atoms with Crippen molar-refractivity contribution in [3.05, 3.63) is 11.5 Å². The maximum atomic E-state index is 5.53. The van der Waals surface area contributed by atoms with Crippen LogP contribution in [0.5, 0.6) is 0 Å². The lowest BCUT2D eigenvalue weighted by molar-refractivity contribution is 0.521. The summed E-state index contributed by atoms with van der Waals surface area (Å²) in [5, 5.41) is 0. The fourth-order valence-corrected chi connectivity index (χ4v) is 1.84. The maximum Gasteiger partial charge on any atom is 0.292 e. The predicted octanol–water partition coefficient (Wildman–Crippen LogP) is 2.33. The highest BCUT2D eigenvalue weighted by Crippen LogP contribution is 2.59. The number of nitrogens with two attached hydrogens (primary N) is 1. The van der Waals surface area contributed by atoms with Gasteiger partial charge in [0.05, 0.1) is 5.69 Å². The van der Waals surface area contributed by atoms with E-state index in [0.717, 1.165) is 17.9 Å². The molecule has 1 aliphatic rings. The summed E-state index contributed by atoms with van der Waals surface area (Å²) in [6.45, 7) is 6.57. The van der Waals surface area contributed by atoms with Crippen LogP contribution in [0.15, 0.2) is 4.42 Å². The molecule has 0 aliphatic heterocycles. The third kappa shape index (κ3) is 1.32. The Bertz CT molecular complexity index is 328. The first-order chi connectivity index (χ1) is 6.04. The molecule has 1 aromatic rings. The molecule has 1 atom stereocenters. The van der Waals surface area contributed by atoms with E-state index < -0.39 is 0 Å². The third-order valence-corrected chi connectivity index (χ3v) is 2.91. The van der Waals surface area contributed by atoms with Crippen molar-refractivity contribution >= 4 is 6.01 Å². The van der Waals surface area contributed by atoms with Crippen molar-refractivity contribution in [3.63, 3.8) is 0 Å². The highest BCUT2D eigenvalue weighted by atomic mass is 16.4. The van der Waals surface area contributed by atoms with Crippen molar-refractivity contribution in [3.8, 4) is 0 Å². The van der Waals surface area contributed by atoms with Gasteiger partial charge in [0.25, 0.3) is 6.01 Å². The Balaban J connectivity index is 2.30. The lowest BCUT2D eigenvalue weighted by atomic mass is 10.1. The maximum absolute atomic E-state index is 5.53. The average Bonchev–Trinajstić information content (AvgIpc) is 2.53. The number of aromatic nitrogens is 1. The first-order valence-electron chi connectivity index (χ1n) is 4.79. The summed E-state index contributed by atoms with van der Waals surface area (Å²) in [4.78, 5) is 4.25. The molecular formula is C10H16N2O. The molecule has 1 fully saturated rings. The van der Waals surface area contributed by atoms with Crippen molar-refractivity contribution in [2.75, 3.05) is 5.73 Å². The number of oxazole rings is 1. The molecule has 0 bridgehead atoms. The van der Waals surface area contributed by atoms with Gasteiger partial charge in [-0.15, -0.1) is 0 Å². The lowest BCUT2D eigenvalue weighted by Gasteiger charge is -2.00. The fraction of sp³-hybridized carbons (Fsp3) is 0.700. The molecule has 1 saturated carbocycles. The second kappa shape index (κ2) is 2.50. The summed E-state index contributed by atoms with van der Waals surface area (Å²) >= 11 is 0. The number of hydrogen-bond donors (Lipinski definition) is 1. The molecule has 1 heterocycles. The van der Waals surface area contributed by atoms with Crippen LogP contribution in [0.2, 0.25) is 0 Å². The molecule has 0 aromatic carbocycles. The first kappa shape index (κ1) is 8.60. The van der Waals surface area contributed by atoms with Crippen molar-refractivity contribution in [2.45, 2.75) is 39.5 Å². The summed E-state index contributed by atoms with van der Waals surface area (Å²) in [7, 11) is 0. The van der Waals surface area contributed by atoms with Crippen LogP contribution < -0.4 is 5.73 Å². The first-order valence-corrected chi connectivity index (χ1v) is 4.79. The molecule has 13 heavy (non-hydrogen) atoms. The number of aryl methyl sites for hydroxylation is 1. The van der Waals surface area contributed by atoms with Gasteiger partial charge in [0.1, 0.15) is 5.76 Å². The van der Waals surface area contributed by atoms with Gasteiger partial charge < -0.3 is 10.2 Å². The SMILES string of the molecule is CCc1oc(N)nc1C1CC1(C)C. The molecular weight excluding hydrogens is 164 g/mol. The Morgan fingerprint density at radius 3 is 2.69 bits per heavy atom. The molecule has 0 radical (unpaired) electrons. The van der Waals surface area contributed by atoms with E-state index in [0.29, 0.717) is 17.3 Å². The largest absolute Gasteiger partial charge is 0.429 e. The fourth-order valence-electron chi connectivity index (χ4n) is 1.84. The molecule has 72 valence electrons. The smallest absolute Gasteiger partial charge is 0.292 e. The molecule has 2 N–H and O–H groups in total. The monoisotopic (exact) mass is 180 g/mol. The third-order valence-electron chi connectivity index (χ3n) is 2.91. The van der Waals surface area contributed by atoms with Crippen LogP contribution in [0.3, 0.4) is 0 Å². The quantitative estimate of drug-likeness (QED) is 0.760. The Morgan fingerprint density at radius 2 is 2.23 bits per heavy atom. The van der Waals surface area contributed by atoms with Gasteiger partial charge in [-0.1, -0.05) is 20.8 Å². The molecule has 2 rings (SSSR count). The van der Waals surface area contributed by atoms with Crippen molar-refractivity contribution in [2.24, 2.45) is 5.41 Å². The van der Waals surface area contributed by atoms with Gasteiger partial charge >= 0.3 is 0 Å². The van der Waals surface area contributed by atoms with Gasteiger partial charge in [0, 0.05) is 12.3 Å². The molecule has 0 amide bonds. The normalized spacial score (nSPS) is 24.7. The van der Waals surface area contributed by atoms with Crippen LogP contribution in [0.25, 0.3) is 0 Å². The number of hydrogen-bond acceptors (Lipinski definition) is 3. The van der Waals surface area contributed by atoms with Crippen molar-refractivity contribution in [1.82, 2.24) is 4.98 Å². The Kier molecular flexibility index (Phi) is 1.65. The standard InChI is InChI=1S/C10H16N2O/c1-4-7-8(12-9(11)13-7)6-5-10(6,2)3/h6H,4-5H2,1-3H3,(H2,11,12). The van der Waals surface area contributed by atoms with Gasteiger partial charge in [-0.25, -0.2) is 0 Å². The zero-order valence-corrected chi connectivity index (χ0v) is 8.42.